The van der Waals surface area contributed by atoms with Gasteiger partial charge in [0.1, 0.15) is 5.75 Å². The third kappa shape index (κ3) is 5.36. The largest absolute Gasteiger partial charge is 0.497 e. The Labute approximate surface area is 169 Å². The molecule has 1 saturated heterocycles. The van der Waals surface area contributed by atoms with Gasteiger partial charge in [-0.05, 0) is 42.0 Å². The molecule has 152 valence electrons. The quantitative estimate of drug-likeness (QED) is 0.598. The summed E-state index contributed by atoms with van der Waals surface area (Å²) in [5.74, 6) is 0.00141. The highest BCUT2D eigenvalue weighted by Gasteiger charge is 2.18. The molecular weight excluding hydrogens is 372 g/mol. The lowest BCUT2D eigenvalue weighted by atomic mass is 10.1. The van der Waals surface area contributed by atoms with Gasteiger partial charge in [0.2, 0.25) is 5.91 Å². The average Bonchev–Trinajstić information content (AvgIpc) is 2.78. The molecule has 7 heteroatoms. The molecule has 0 spiro atoms. The van der Waals surface area contributed by atoms with Gasteiger partial charge in [0, 0.05) is 19.2 Å². The number of esters is 1. The van der Waals surface area contributed by atoms with E-state index in [1.165, 1.54) is 13.2 Å². The Morgan fingerprint density at radius 3 is 2.45 bits per heavy atom. The van der Waals surface area contributed by atoms with Crippen molar-refractivity contribution >= 4 is 29.3 Å². The van der Waals surface area contributed by atoms with Gasteiger partial charge in [-0.3, -0.25) is 4.79 Å². The lowest BCUT2D eigenvalue weighted by molar-refractivity contribution is -0.111. The topological polar surface area (TPSA) is 77.1 Å². The van der Waals surface area contributed by atoms with Gasteiger partial charge in [0.25, 0.3) is 0 Å². The Balaban J connectivity index is 1.79. The molecular formula is C22H24N2O5. The molecule has 0 aliphatic carbocycles. The minimum atomic E-state index is -0.456. The van der Waals surface area contributed by atoms with Gasteiger partial charge >= 0.3 is 5.97 Å². The molecule has 2 aromatic rings. The van der Waals surface area contributed by atoms with Gasteiger partial charge in [0.05, 0.1) is 44.4 Å². The maximum Gasteiger partial charge on any atom is 0.337 e. The van der Waals surface area contributed by atoms with E-state index in [0.29, 0.717) is 37.6 Å². The van der Waals surface area contributed by atoms with Crippen LogP contribution >= 0.6 is 0 Å². The second-order valence-corrected chi connectivity index (χ2v) is 6.42. The molecule has 2 aromatic carbocycles. The maximum atomic E-state index is 12.5. The summed E-state index contributed by atoms with van der Waals surface area (Å²) in [5, 5.41) is 2.88. The molecule has 29 heavy (non-hydrogen) atoms. The number of nitrogens with zero attached hydrogens (tertiary/aromatic N) is 1. The summed E-state index contributed by atoms with van der Waals surface area (Å²) in [4.78, 5) is 26.5. The van der Waals surface area contributed by atoms with Crippen molar-refractivity contribution in [2.75, 3.05) is 50.7 Å². The molecule has 1 fully saturated rings. The van der Waals surface area contributed by atoms with E-state index in [9.17, 15) is 9.59 Å². The number of hydrogen-bond acceptors (Lipinski definition) is 6. The Morgan fingerprint density at radius 2 is 1.79 bits per heavy atom. The van der Waals surface area contributed by atoms with Crippen molar-refractivity contribution in [3.63, 3.8) is 0 Å². The highest BCUT2D eigenvalue weighted by Crippen LogP contribution is 2.28. The van der Waals surface area contributed by atoms with E-state index in [-0.39, 0.29) is 5.91 Å². The molecule has 1 amide bonds. The molecule has 0 atom stereocenters. The third-order valence-electron chi connectivity index (χ3n) is 4.57. The fourth-order valence-corrected chi connectivity index (χ4v) is 3.02. The van der Waals surface area contributed by atoms with Gasteiger partial charge in [0.15, 0.2) is 0 Å². The summed E-state index contributed by atoms with van der Waals surface area (Å²) in [5.41, 5.74) is 2.64. The summed E-state index contributed by atoms with van der Waals surface area (Å²) in [7, 11) is 2.93. The maximum absolute atomic E-state index is 12.5. The lowest BCUT2D eigenvalue weighted by Gasteiger charge is -2.30. The van der Waals surface area contributed by atoms with Crippen molar-refractivity contribution in [2.45, 2.75) is 0 Å². The second-order valence-electron chi connectivity index (χ2n) is 6.42. The number of benzene rings is 2. The van der Waals surface area contributed by atoms with Crippen LogP contribution < -0.4 is 15.0 Å². The number of rotatable bonds is 6. The van der Waals surface area contributed by atoms with Crippen molar-refractivity contribution in [1.29, 1.82) is 0 Å². The van der Waals surface area contributed by atoms with E-state index in [2.05, 4.69) is 10.2 Å². The Hall–Kier alpha value is -3.32. The van der Waals surface area contributed by atoms with Crippen molar-refractivity contribution in [1.82, 2.24) is 0 Å². The zero-order valence-electron chi connectivity index (χ0n) is 16.5. The first-order valence-corrected chi connectivity index (χ1v) is 9.29. The van der Waals surface area contributed by atoms with Crippen molar-refractivity contribution in [3.8, 4) is 5.75 Å². The second kappa shape index (κ2) is 9.75. The van der Waals surface area contributed by atoms with Crippen LogP contribution in [0.2, 0.25) is 0 Å². The number of nitrogens with one attached hydrogen (secondary N) is 1. The summed E-state index contributed by atoms with van der Waals surface area (Å²) >= 11 is 0. The molecule has 1 N–H and O–H groups in total. The van der Waals surface area contributed by atoms with Crippen molar-refractivity contribution in [2.24, 2.45) is 0 Å². The molecule has 1 heterocycles. The number of amides is 1. The smallest absolute Gasteiger partial charge is 0.337 e. The Kier molecular flexibility index (Phi) is 6.86. The number of carbonyl (C=O) groups excluding carboxylic acids is 2. The standard InChI is InChI=1S/C22H24N2O5/c1-27-18-7-3-16(4-8-18)5-10-21(25)23-19-15-17(22(26)28-2)6-9-20(19)24-11-13-29-14-12-24/h3-10,15H,11-14H2,1-2H3,(H,23,25)/b10-5+. The first-order chi connectivity index (χ1) is 14.1. The fourth-order valence-electron chi connectivity index (χ4n) is 3.02. The zero-order valence-corrected chi connectivity index (χ0v) is 16.5. The van der Waals surface area contributed by atoms with Crippen LogP contribution in [-0.2, 0) is 14.3 Å². The number of methoxy groups -OCH3 is 2. The summed E-state index contributed by atoms with van der Waals surface area (Å²) in [6.07, 6.45) is 3.17. The molecule has 0 radical (unpaired) electrons. The van der Waals surface area contributed by atoms with Gasteiger partial charge in [-0.2, -0.15) is 0 Å². The summed E-state index contributed by atoms with van der Waals surface area (Å²) in [6.45, 7) is 2.65. The third-order valence-corrected chi connectivity index (χ3v) is 4.57. The van der Waals surface area contributed by atoms with E-state index in [0.717, 1.165) is 17.0 Å². The number of hydrogen-bond donors (Lipinski definition) is 1. The molecule has 3 rings (SSSR count). The number of anilines is 2. The van der Waals surface area contributed by atoms with Crippen LogP contribution in [0.5, 0.6) is 5.75 Å². The van der Waals surface area contributed by atoms with Crippen LogP contribution in [0.3, 0.4) is 0 Å². The van der Waals surface area contributed by atoms with E-state index in [1.807, 2.05) is 30.3 Å². The van der Waals surface area contributed by atoms with E-state index in [4.69, 9.17) is 14.2 Å². The van der Waals surface area contributed by atoms with Crippen molar-refractivity contribution < 1.29 is 23.8 Å². The molecule has 1 aliphatic heterocycles. The highest BCUT2D eigenvalue weighted by atomic mass is 16.5. The van der Waals surface area contributed by atoms with E-state index < -0.39 is 5.97 Å². The predicted octanol–water partition coefficient (Wildman–Crippen LogP) is 2.97. The first-order valence-electron chi connectivity index (χ1n) is 9.29. The van der Waals surface area contributed by atoms with Gasteiger partial charge < -0.3 is 24.4 Å². The SMILES string of the molecule is COC(=O)c1ccc(N2CCOCC2)c(NC(=O)/C=C/c2ccc(OC)cc2)c1. The van der Waals surface area contributed by atoms with Crippen LogP contribution in [-0.4, -0.2) is 52.4 Å². The van der Waals surface area contributed by atoms with Gasteiger partial charge in [-0.15, -0.1) is 0 Å². The van der Waals surface area contributed by atoms with Crippen LogP contribution in [0.25, 0.3) is 6.08 Å². The normalized spacial score (nSPS) is 13.9. The number of ether oxygens (including phenoxy) is 3. The zero-order chi connectivity index (χ0) is 20.6. The molecule has 1 aliphatic rings. The fraction of sp³-hybridized carbons (Fsp3) is 0.273. The van der Waals surface area contributed by atoms with Crippen LogP contribution in [0.15, 0.2) is 48.5 Å². The molecule has 0 saturated carbocycles. The van der Waals surface area contributed by atoms with Gasteiger partial charge in [-0.1, -0.05) is 12.1 Å². The first kappa shape index (κ1) is 20.4. The lowest BCUT2D eigenvalue weighted by Crippen LogP contribution is -2.36. The molecule has 7 nitrogen and oxygen atoms in total. The van der Waals surface area contributed by atoms with E-state index >= 15 is 0 Å². The molecule has 0 unspecified atom stereocenters. The molecule has 0 bridgehead atoms. The van der Waals surface area contributed by atoms with Gasteiger partial charge in [-0.25, -0.2) is 4.79 Å². The minimum Gasteiger partial charge on any atom is -0.497 e. The number of carbonyl (C=O) groups is 2. The van der Waals surface area contributed by atoms with Crippen LogP contribution in [0.4, 0.5) is 11.4 Å². The average molecular weight is 396 g/mol. The van der Waals surface area contributed by atoms with Crippen LogP contribution in [0, 0.1) is 0 Å². The number of morpholine rings is 1. The minimum absolute atomic E-state index is 0.294. The molecule has 0 aromatic heterocycles. The Bertz CT molecular complexity index is 887. The van der Waals surface area contributed by atoms with E-state index in [1.54, 1.807) is 25.3 Å². The summed E-state index contributed by atoms with van der Waals surface area (Å²) in [6, 6.07) is 12.5. The predicted molar refractivity (Wildman–Crippen MR) is 111 cm³/mol. The van der Waals surface area contributed by atoms with Crippen molar-refractivity contribution in [3.05, 3.63) is 59.7 Å². The monoisotopic (exact) mass is 396 g/mol. The van der Waals surface area contributed by atoms with Crippen LogP contribution in [0.1, 0.15) is 15.9 Å². The summed E-state index contributed by atoms with van der Waals surface area (Å²) < 4.78 is 15.3. The highest BCUT2D eigenvalue weighted by molar-refractivity contribution is 6.05. The Morgan fingerprint density at radius 1 is 1.07 bits per heavy atom.